The van der Waals surface area contributed by atoms with Crippen molar-refractivity contribution in [1.82, 2.24) is 5.32 Å². The van der Waals surface area contributed by atoms with Crippen molar-refractivity contribution < 1.29 is 23.4 Å². The number of rotatable bonds is 9. The third-order valence-electron chi connectivity index (χ3n) is 4.76. The largest absolute Gasteiger partial charge is 0.493 e. The van der Waals surface area contributed by atoms with E-state index in [1.165, 1.54) is 26.4 Å². The van der Waals surface area contributed by atoms with Crippen molar-refractivity contribution in [3.8, 4) is 17.2 Å². The Labute approximate surface area is 197 Å². The van der Waals surface area contributed by atoms with Crippen molar-refractivity contribution in [2.75, 3.05) is 14.2 Å². The number of carbonyl (C=O) groups excluding carboxylic acids is 1. The fourth-order valence-corrected chi connectivity index (χ4v) is 3.08. The molecule has 3 aromatic carbocycles. The Hall–Kier alpha value is -3.62. The number of benzene rings is 3. The van der Waals surface area contributed by atoms with Crippen LogP contribution in [0.25, 0.3) is 0 Å². The minimum absolute atomic E-state index is 0. The smallest absolute Gasteiger partial charge is 0.254 e. The Morgan fingerprint density at radius 3 is 2.30 bits per heavy atom. The van der Waals surface area contributed by atoms with E-state index in [1.807, 2.05) is 6.07 Å². The van der Waals surface area contributed by atoms with Gasteiger partial charge in [-0.2, -0.15) is 0 Å². The van der Waals surface area contributed by atoms with Crippen LogP contribution in [-0.4, -0.2) is 26.0 Å². The Balaban J connectivity index is 0.00000385. The highest BCUT2D eigenvalue weighted by atomic mass is 35.5. The first-order valence-corrected chi connectivity index (χ1v) is 9.77. The standard InChI is InChI=1S/C24H24FN3O4.ClH/c1-30-19-13-12-18(20(25)22(19)32-17-6-4-3-5-7-17)21(31-2)24(29)28-14-15-8-10-16(11-9-15)23(26)27;/h3-13,21H,14H2,1-2H3,(H3,26,27)(H,28,29);1H/t21-;/m0./s1. The normalized spacial score (nSPS) is 11.1. The fourth-order valence-electron chi connectivity index (χ4n) is 3.08. The van der Waals surface area contributed by atoms with Crippen molar-refractivity contribution >= 4 is 24.1 Å². The van der Waals surface area contributed by atoms with Crippen LogP contribution in [0.4, 0.5) is 4.39 Å². The number of halogens is 2. The van der Waals surface area contributed by atoms with Crippen molar-refractivity contribution in [1.29, 1.82) is 5.41 Å². The molecule has 1 atom stereocenters. The van der Waals surface area contributed by atoms with E-state index in [1.54, 1.807) is 48.5 Å². The van der Waals surface area contributed by atoms with E-state index in [-0.39, 0.29) is 41.8 Å². The van der Waals surface area contributed by atoms with Gasteiger partial charge in [-0.1, -0.05) is 42.5 Å². The highest BCUT2D eigenvalue weighted by Crippen LogP contribution is 2.38. The Morgan fingerprint density at radius 1 is 1.06 bits per heavy atom. The van der Waals surface area contributed by atoms with Gasteiger partial charge in [-0.15, -0.1) is 12.4 Å². The van der Waals surface area contributed by atoms with Crippen molar-refractivity contribution in [3.05, 3.63) is 89.2 Å². The van der Waals surface area contributed by atoms with Crippen molar-refractivity contribution in [2.45, 2.75) is 12.6 Å². The molecule has 9 heteroatoms. The number of hydrogen-bond donors (Lipinski definition) is 3. The molecule has 7 nitrogen and oxygen atoms in total. The third kappa shape index (κ3) is 6.21. The van der Waals surface area contributed by atoms with Crippen LogP contribution < -0.4 is 20.5 Å². The summed E-state index contributed by atoms with van der Waals surface area (Å²) < 4.78 is 31.6. The van der Waals surface area contributed by atoms with Gasteiger partial charge in [-0.3, -0.25) is 10.2 Å². The summed E-state index contributed by atoms with van der Waals surface area (Å²) in [6, 6.07) is 18.5. The van der Waals surface area contributed by atoms with Gasteiger partial charge < -0.3 is 25.3 Å². The van der Waals surface area contributed by atoms with Crippen LogP contribution in [0.5, 0.6) is 17.2 Å². The second-order valence-electron chi connectivity index (χ2n) is 6.86. The van der Waals surface area contributed by atoms with Crippen LogP contribution in [0.3, 0.4) is 0 Å². The lowest BCUT2D eigenvalue weighted by Gasteiger charge is -2.19. The molecule has 0 unspecified atom stereocenters. The lowest BCUT2D eigenvalue weighted by molar-refractivity contribution is -0.131. The van der Waals surface area contributed by atoms with Gasteiger partial charge in [0.25, 0.3) is 5.91 Å². The highest BCUT2D eigenvalue weighted by molar-refractivity contribution is 5.94. The van der Waals surface area contributed by atoms with Crippen LogP contribution in [0, 0.1) is 11.2 Å². The van der Waals surface area contributed by atoms with E-state index in [9.17, 15) is 4.79 Å². The Kier molecular flexibility index (Phi) is 9.20. The molecule has 0 aromatic heterocycles. The van der Waals surface area contributed by atoms with E-state index < -0.39 is 17.8 Å². The Bertz CT molecular complexity index is 1090. The molecule has 174 valence electrons. The van der Waals surface area contributed by atoms with Gasteiger partial charge in [0.1, 0.15) is 11.6 Å². The number of nitrogens with two attached hydrogens (primary N) is 1. The fraction of sp³-hybridized carbons (Fsp3) is 0.167. The molecule has 0 aliphatic rings. The molecular weight excluding hydrogens is 449 g/mol. The zero-order chi connectivity index (χ0) is 23.1. The number of amidine groups is 1. The zero-order valence-corrected chi connectivity index (χ0v) is 18.9. The van der Waals surface area contributed by atoms with Gasteiger partial charge in [0, 0.05) is 24.8 Å². The maximum atomic E-state index is 15.4. The maximum Gasteiger partial charge on any atom is 0.254 e. The molecule has 33 heavy (non-hydrogen) atoms. The number of para-hydroxylation sites is 1. The van der Waals surface area contributed by atoms with Crippen molar-refractivity contribution in [2.24, 2.45) is 5.73 Å². The summed E-state index contributed by atoms with van der Waals surface area (Å²) in [4.78, 5) is 12.8. The third-order valence-corrected chi connectivity index (χ3v) is 4.76. The molecule has 0 spiro atoms. The number of nitrogens with one attached hydrogen (secondary N) is 2. The number of methoxy groups -OCH3 is 2. The highest BCUT2D eigenvalue weighted by Gasteiger charge is 2.27. The number of ether oxygens (including phenoxy) is 3. The van der Waals surface area contributed by atoms with Crippen LogP contribution >= 0.6 is 12.4 Å². The molecule has 0 fully saturated rings. The van der Waals surface area contributed by atoms with Gasteiger partial charge in [-0.05, 0) is 29.8 Å². The minimum Gasteiger partial charge on any atom is -0.493 e. The molecule has 3 rings (SSSR count). The summed E-state index contributed by atoms with van der Waals surface area (Å²) in [6.07, 6.45) is -1.20. The average Bonchev–Trinajstić information content (AvgIpc) is 2.81. The molecule has 3 aromatic rings. The first-order valence-electron chi connectivity index (χ1n) is 9.77. The van der Waals surface area contributed by atoms with Crippen LogP contribution in [0.15, 0.2) is 66.7 Å². The SMILES string of the molecule is COc1ccc([C@H](OC)C(=O)NCc2ccc(C(=N)N)cc2)c(F)c1Oc1ccccc1.Cl. The van der Waals surface area contributed by atoms with E-state index in [2.05, 4.69) is 5.32 Å². The predicted octanol–water partition coefficient (Wildman–Crippen LogP) is 4.34. The number of carbonyl (C=O) groups is 1. The molecule has 0 aliphatic heterocycles. The van der Waals surface area contributed by atoms with E-state index >= 15 is 4.39 Å². The molecule has 0 radical (unpaired) electrons. The summed E-state index contributed by atoms with van der Waals surface area (Å²) in [5, 5.41) is 10.2. The van der Waals surface area contributed by atoms with Crippen LogP contribution in [0.2, 0.25) is 0 Å². The minimum atomic E-state index is -1.20. The maximum absolute atomic E-state index is 15.4. The van der Waals surface area contributed by atoms with Gasteiger partial charge >= 0.3 is 0 Å². The first kappa shape index (κ1) is 25.6. The average molecular weight is 474 g/mol. The molecule has 1 amide bonds. The molecule has 0 heterocycles. The van der Waals surface area contributed by atoms with Gasteiger partial charge in [0.05, 0.1) is 7.11 Å². The van der Waals surface area contributed by atoms with E-state index in [0.717, 1.165) is 5.56 Å². The lowest BCUT2D eigenvalue weighted by Crippen LogP contribution is -2.30. The first-order chi connectivity index (χ1) is 15.4. The zero-order valence-electron chi connectivity index (χ0n) is 18.1. The monoisotopic (exact) mass is 473 g/mol. The number of hydrogen-bond acceptors (Lipinski definition) is 5. The van der Waals surface area contributed by atoms with Crippen molar-refractivity contribution in [3.63, 3.8) is 0 Å². The van der Waals surface area contributed by atoms with Crippen LogP contribution in [-0.2, 0) is 16.1 Å². The lowest BCUT2D eigenvalue weighted by atomic mass is 10.1. The second kappa shape index (κ2) is 11.8. The number of nitrogen functional groups attached to an aromatic ring is 1. The molecule has 4 N–H and O–H groups in total. The molecule has 0 bridgehead atoms. The van der Waals surface area contributed by atoms with Crippen LogP contribution in [0.1, 0.15) is 22.8 Å². The second-order valence-corrected chi connectivity index (χ2v) is 6.86. The van der Waals surface area contributed by atoms with Gasteiger partial charge in [0.15, 0.2) is 17.7 Å². The predicted molar refractivity (Wildman–Crippen MR) is 126 cm³/mol. The van der Waals surface area contributed by atoms with Gasteiger partial charge in [-0.25, -0.2) is 4.39 Å². The number of amides is 1. The summed E-state index contributed by atoms with van der Waals surface area (Å²) >= 11 is 0. The molecule has 0 aliphatic carbocycles. The quantitative estimate of drug-likeness (QED) is 0.316. The Morgan fingerprint density at radius 2 is 1.73 bits per heavy atom. The summed E-state index contributed by atoms with van der Waals surface area (Å²) in [5.74, 6) is -0.821. The summed E-state index contributed by atoms with van der Waals surface area (Å²) in [7, 11) is 2.73. The van der Waals surface area contributed by atoms with Gasteiger partial charge in [0.2, 0.25) is 5.75 Å². The molecule has 0 saturated heterocycles. The topological polar surface area (TPSA) is 107 Å². The molecule has 0 saturated carbocycles. The van der Waals surface area contributed by atoms with E-state index in [0.29, 0.717) is 11.3 Å². The summed E-state index contributed by atoms with van der Waals surface area (Å²) in [6.45, 7) is 0.196. The van der Waals surface area contributed by atoms with E-state index in [4.69, 9.17) is 25.4 Å². The molecular formula is C24H25ClFN3O4. The summed E-state index contributed by atoms with van der Waals surface area (Å²) in [5.41, 5.74) is 6.84.